The molecule has 0 spiro atoms. The highest BCUT2D eigenvalue weighted by Gasteiger charge is 1.99. The second-order valence-corrected chi connectivity index (χ2v) is 2.26. The Morgan fingerprint density at radius 1 is 1.46 bits per heavy atom. The summed E-state index contributed by atoms with van der Waals surface area (Å²) >= 11 is 0. The van der Waals surface area contributed by atoms with Gasteiger partial charge in [0.25, 0.3) is 0 Å². The predicted octanol–water partition coefficient (Wildman–Crippen LogP) is 2.67. The molecule has 0 radical (unpaired) electrons. The number of amides is 1. The van der Waals surface area contributed by atoms with Crippen LogP contribution in [0.3, 0.4) is 0 Å². The molecule has 0 rings (SSSR count). The molecule has 0 saturated heterocycles. The number of hydrogen-bond donors (Lipinski definition) is 1. The predicted molar refractivity (Wildman–Crippen MR) is 58.6 cm³/mol. The summed E-state index contributed by atoms with van der Waals surface area (Å²) in [4.78, 5) is 10.9. The van der Waals surface area contributed by atoms with Crippen molar-refractivity contribution in [2.45, 2.75) is 33.6 Å². The van der Waals surface area contributed by atoms with Gasteiger partial charge in [-0.1, -0.05) is 45.1 Å². The van der Waals surface area contributed by atoms with Crippen LogP contribution in [-0.4, -0.2) is 13.0 Å². The Kier molecular flexibility index (Phi) is 12.2. The van der Waals surface area contributed by atoms with Gasteiger partial charge in [0.2, 0.25) is 5.91 Å². The summed E-state index contributed by atoms with van der Waals surface area (Å²) in [5.41, 5.74) is 1.11. The zero-order valence-electron chi connectivity index (χ0n) is 9.18. The van der Waals surface area contributed by atoms with Crippen LogP contribution >= 0.6 is 0 Å². The highest BCUT2D eigenvalue weighted by molar-refractivity contribution is 5.78. The van der Waals surface area contributed by atoms with Crippen LogP contribution in [0.4, 0.5) is 0 Å². The van der Waals surface area contributed by atoms with Gasteiger partial charge in [-0.3, -0.25) is 4.79 Å². The van der Waals surface area contributed by atoms with Crippen molar-refractivity contribution in [1.29, 1.82) is 0 Å². The smallest absolute Gasteiger partial charge is 0.223 e. The summed E-state index contributed by atoms with van der Waals surface area (Å²) in [5.74, 6) is 0.0555. The number of hydrogen-bond acceptors (Lipinski definition) is 1. The third-order valence-corrected chi connectivity index (χ3v) is 1.47. The van der Waals surface area contributed by atoms with Crippen molar-refractivity contribution in [2.24, 2.45) is 0 Å². The maximum absolute atomic E-state index is 10.9. The Morgan fingerprint density at radius 2 is 2.00 bits per heavy atom. The van der Waals surface area contributed by atoms with E-state index in [1.165, 1.54) is 0 Å². The fourth-order valence-electron chi connectivity index (χ4n) is 0.763. The standard InChI is InChI=1S/C9H15NO.C2H6/c1-4-6-8(5-2)7-9(11)10-3;1-2/h4,6H,1,5,7H2,2-3H3,(H,10,11);1-2H3/b8-6+;. The van der Waals surface area contributed by atoms with Gasteiger partial charge in [0.15, 0.2) is 0 Å². The highest BCUT2D eigenvalue weighted by Crippen LogP contribution is 2.05. The lowest BCUT2D eigenvalue weighted by molar-refractivity contribution is -0.119. The molecule has 0 aliphatic carbocycles. The molecule has 0 fully saturated rings. The molecule has 1 N–H and O–H groups in total. The van der Waals surface area contributed by atoms with E-state index in [1.807, 2.05) is 26.8 Å². The van der Waals surface area contributed by atoms with Crippen LogP contribution in [0.15, 0.2) is 24.3 Å². The van der Waals surface area contributed by atoms with E-state index in [0.717, 1.165) is 12.0 Å². The van der Waals surface area contributed by atoms with Crippen LogP contribution in [0.5, 0.6) is 0 Å². The zero-order valence-corrected chi connectivity index (χ0v) is 9.18. The molecule has 0 saturated carbocycles. The molecule has 0 heterocycles. The summed E-state index contributed by atoms with van der Waals surface area (Å²) in [6, 6.07) is 0. The molecule has 2 nitrogen and oxygen atoms in total. The third-order valence-electron chi connectivity index (χ3n) is 1.47. The summed E-state index contributed by atoms with van der Waals surface area (Å²) in [5, 5.41) is 2.57. The Labute approximate surface area is 81.7 Å². The second-order valence-electron chi connectivity index (χ2n) is 2.26. The van der Waals surface area contributed by atoms with Crippen LogP contribution in [0, 0.1) is 0 Å². The van der Waals surface area contributed by atoms with Gasteiger partial charge < -0.3 is 5.32 Å². The van der Waals surface area contributed by atoms with E-state index in [1.54, 1.807) is 13.1 Å². The van der Waals surface area contributed by atoms with E-state index >= 15 is 0 Å². The Morgan fingerprint density at radius 3 is 2.31 bits per heavy atom. The summed E-state index contributed by atoms with van der Waals surface area (Å²) in [7, 11) is 1.64. The summed E-state index contributed by atoms with van der Waals surface area (Å²) in [6.07, 6.45) is 4.98. The van der Waals surface area contributed by atoms with E-state index in [-0.39, 0.29) is 5.91 Å². The molecule has 13 heavy (non-hydrogen) atoms. The maximum atomic E-state index is 10.9. The molecule has 0 aromatic carbocycles. The van der Waals surface area contributed by atoms with E-state index < -0.39 is 0 Å². The van der Waals surface area contributed by atoms with Crippen molar-refractivity contribution < 1.29 is 4.79 Å². The van der Waals surface area contributed by atoms with Gasteiger partial charge in [0, 0.05) is 13.5 Å². The number of carbonyl (C=O) groups excluding carboxylic acids is 1. The molecule has 0 aliphatic rings. The van der Waals surface area contributed by atoms with E-state index in [2.05, 4.69) is 11.9 Å². The van der Waals surface area contributed by atoms with Crippen LogP contribution in [0.2, 0.25) is 0 Å². The fraction of sp³-hybridized carbons (Fsp3) is 0.545. The molecule has 0 aromatic heterocycles. The van der Waals surface area contributed by atoms with Crippen molar-refractivity contribution in [3.8, 4) is 0 Å². The van der Waals surface area contributed by atoms with Gasteiger partial charge in [-0.15, -0.1) is 0 Å². The number of rotatable bonds is 4. The minimum absolute atomic E-state index is 0.0555. The molecule has 76 valence electrons. The largest absolute Gasteiger partial charge is 0.359 e. The van der Waals surface area contributed by atoms with Crippen molar-refractivity contribution >= 4 is 5.91 Å². The Balaban J connectivity index is 0. The fourth-order valence-corrected chi connectivity index (χ4v) is 0.763. The van der Waals surface area contributed by atoms with E-state index in [9.17, 15) is 4.79 Å². The maximum Gasteiger partial charge on any atom is 0.223 e. The lowest BCUT2D eigenvalue weighted by Crippen LogP contribution is -2.17. The molecule has 1 amide bonds. The normalized spacial score (nSPS) is 9.69. The van der Waals surface area contributed by atoms with Gasteiger partial charge >= 0.3 is 0 Å². The van der Waals surface area contributed by atoms with Gasteiger partial charge in [-0.25, -0.2) is 0 Å². The van der Waals surface area contributed by atoms with Crippen molar-refractivity contribution in [1.82, 2.24) is 5.32 Å². The lowest BCUT2D eigenvalue weighted by Gasteiger charge is -2.01. The quantitative estimate of drug-likeness (QED) is 0.667. The first-order chi connectivity index (χ1) is 6.24. The zero-order chi connectivity index (χ0) is 10.7. The average molecular weight is 183 g/mol. The minimum Gasteiger partial charge on any atom is -0.359 e. The summed E-state index contributed by atoms with van der Waals surface area (Å²) < 4.78 is 0. The molecular formula is C11H21NO. The SMILES string of the molecule is C=C/C=C(\CC)CC(=O)NC.CC. The highest BCUT2D eigenvalue weighted by atomic mass is 16.1. The molecule has 0 aromatic rings. The minimum atomic E-state index is 0.0555. The summed E-state index contributed by atoms with van der Waals surface area (Å²) in [6.45, 7) is 9.60. The topological polar surface area (TPSA) is 29.1 Å². The van der Waals surface area contributed by atoms with E-state index in [0.29, 0.717) is 6.42 Å². The molecule has 2 heteroatoms. The Bertz CT molecular complexity index is 171. The van der Waals surface area contributed by atoms with Gasteiger partial charge in [-0.2, -0.15) is 0 Å². The van der Waals surface area contributed by atoms with Gasteiger partial charge in [0.1, 0.15) is 0 Å². The van der Waals surface area contributed by atoms with Crippen LogP contribution in [0.25, 0.3) is 0 Å². The van der Waals surface area contributed by atoms with Crippen molar-refractivity contribution in [2.75, 3.05) is 7.05 Å². The third kappa shape index (κ3) is 8.86. The first-order valence-corrected chi connectivity index (χ1v) is 4.75. The lowest BCUT2D eigenvalue weighted by atomic mass is 10.1. The molecule has 0 unspecified atom stereocenters. The second kappa shape index (κ2) is 11.0. The van der Waals surface area contributed by atoms with Gasteiger partial charge in [0.05, 0.1) is 0 Å². The van der Waals surface area contributed by atoms with Gasteiger partial charge in [-0.05, 0) is 6.42 Å². The monoisotopic (exact) mass is 183 g/mol. The molecule has 0 atom stereocenters. The Hall–Kier alpha value is -1.05. The van der Waals surface area contributed by atoms with E-state index in [4.69, 9.17) is 0 Å². The number of carbonyl (C=O) groups is 1. The average Bonchev–Trinajstić information content (AvgIpc) is 2.20. The number of nitrogens with one attached hydrogen (secondary N) is 1. The molecule has 0 bridgehead atoms. The van der Waals surface area contributed by atoms with Crippen LogP contribution in [0.1, 0.15) is 33.6 Å². The molecule has 0 aliphatic heterocycles. The first kappa shape index (κ1) is 14.5. The van der Waals surface area contributed by atoms with Crippen LogP contribution < -0.4 is 5.32 Å². The molecular weight excluding hydrogens is 162 g/mol. The van der Waals surface area contributed by atoms with Crippen molar-refractivity contribution in [3.05, 3.63) is 24.3 Å². The van der Waals surface area contributed by atoms with Crippen LogP contribution in [-0.2, 0) is 4.79 Å². The first-order valence-electron chi connectivity index (χ1n) is 4.75. The van der Waals surface area contributed by atoms with Crippen molar-refractivity contribution in [3.63, 3.8) is 0 Å². The number of allylic oxidation sites excluding steroid dienone is 2.